The Kier molecular flexibility index (Phi) is 3.94. The van der Waals surface area contributed by atoms with E-state index < -0.39 is 23.8 Å². The van der Waals surface area contributed by atoms with Crippen LogP contribution in [0.5, 0.6) is 0 Å². The van der Waals surface area contributed by atoms with Crippen molar-refractivity contribution in [2.75, 3.05) is 0 Å². The minimum absolute atomic E-state index is 0.151. The van der Waals surface area contributed by atoms with Crippen LogP contribution in [0.3, 0.4) is 0 Å². The van der Waals surface area contributed by atoms with E-state index in [2.05, 4.69) is 0 Å². The summed E-state index contributed by atoms with van der Waals surface area (Å²) in [6.07, 6.45) is 1.21. The largest absolute Gasteiger partial charge is 0.478 e. The molecule has 2 aromatic rings. The molecule has 1 fully saturated rings. The van der Waals surface area contributed by atoms with Crippen LogP contribution in [0.1, 0.15) is 21.7 Å². The number of aromatic carboxylic acids is 1. The Morgan fingerprint density at radius 1 is 1.08 bits per heavy atom. The average molecular weight is 340 g/mol. The fourth-order valence-electron chi connectivity index (χ4n) is 2.46. The number of hydrogen-bond donors (Lipinski definition) is 3. The van der Waals surface area contributed by atoms with Crippen molar-refractivity contribution in [3.8, 4) is 11.3 Å². The summed E-state index contributed by atoms with van der Waals surface area (Å²) in [5, 5.41) is 13.1. The molecule has 8 heteroatoms. The molecule has 1 saturated heterocycles. The first-order chi connectivity index (χ1) is 11.9. The number of barbiturate groups is 1. The van der Waals surface area contributed by atoms with Gasteiger partial charge in [0.15, 0.2) is 0 Å². The molecule has 8 nitrogen and oxygen atoms in total. The van der Waals surface area contributed by atoms with Crippen LogP contribution in [-0.2, 0) is 9.59 Å². The number of carboxylic acids is 1. The van der Waals surface area contributed by atoms with Gasteiger partial charge in [-0.05, 0) is 36.8 Å². The average Bonchev–Trinajstić information content (AvgIpc) is 2.99. The van der Waals surface area contributed by atoms with E-state index in [1.807, 2.05) is 10.6 Å². The molecule has 4 amide bonds. The summed E-state index contributed by atoms with van der Waals surface area (Å²) < 4.78 is 5.60. The third-order valence-corrected chi connectivity index (χ3v) is 3.69. The van der Waals surface area contributed by atoms with Crippen LogP contribution in [0.4, 0.5) is 4.79 Å². The number of amides is 4. The number of furan rings is 1. The van der Waals surface area contributed by atoms with Gasteiger partial charge >= 0.3 is 12.0 Å². The monoisotopic (exact) mass is 340 g/mol. The first-order valence-electron chi connectivity index (χ1n) is 7.18. The Balaban J connectivity index is 1.96. The van der Waals surface area contributed by atoms with E-state index in [1.54, 1.807) is 25.1 Å². The van der Waals surface area contributed by atoms with Crippen LogP contribution in [0.25, 0.3) is 17.4 Å². The number of imide groups is 2. The normalized spacial score (nSPS) is 14.1. The van der Waals surface area contributed by atoms with Crippen molar-refractivity contribution in [1.82, 2.24) is 10.6 Å². The van der Waals surface area contributed by atoms with Crippen LogP contribution in [0.15, 0.2) is 40.3 Å². The molecule has 3 N–H and O–H groups in total. The van der Waals surface area contributed by atoms with Crippen molar-refractivity contribution in [2.24, 2.45) is 0 Å². The molecule has 1 aromatic heterocycles. The summed E-state index contributed by atoms with van der Waals surface area (Å²) in [5.41, 5.74) is 0.995. The number of carbonyl (C=O) groups is 4. The van der Waals surface area contributed by atoms with Crippen LogP contribution in [-0.4, -0.2) is 28.9 Å². The van der Waals surface area contributed by atoms with Gasteiger partial charge in [-0.2, -0.15) is 0 Å². The first kappa shape index (κ1) is 16.2. The summed E-state index contributed by atoms with van der Waals surface area (Å²) in [4.78, 5) is 45.7. The lowest BCUT2D eigenvalue weighted by molar-refractivity contribution is -0.123. The molecule has 0 spiro atoms. The maximum Gasteiger partial charge on any atom is 0.335 e. The lowest BCUT2D eigenvalue weighted by Gasteiger charge is -2.13. The van der Waals surface area contributed by atoms with Gasteiger partial charge in [0.1, 0.15) is 17.1 Å². The maximum absolute atomic E-state index is 11.7. The van der Waals surface area contributed by atoms with Crippen LogP contribution in [0, 0.1) is 6.92 Å². The molecule has 0 aliphatic carbocycles. The highest BCUT2D eigenvalue weighted by Crippen LogP contribution is 2.28. The summed E-state index contributed by atoms with van der Waals surface area (Å²) in [6, 6.07) is 7.04. The molecule has 3 rings (SSSR count). The van der Waals surface area contributed by atoms with E-state index in [4.69, 9.17) is 4.42 Å². The standard InChI is InChI=1S/C17H12N2O6/c1-8-10(3-2-4-11(8)16(22)23)13-6-5-9(25-13)7-12-14(20)18-17(24)19-15(12)21/h2-7H,1H3,(H,22,23)(H2,18,19,20,21,24). The SMILES string of the molecule is Cc1c(C(=O)O)cccc1-c1ccc(C=C2C(=O)NC(=O)NC2=O)o1. The maximum atomic E-state index is 11.7. The van der Waals surface area contributed by atoms with Gasteiger partial charge in [0.2, 0.25) is 0 Å². The molecule has 126 valence electrons. The van der Waals surface area contributed by atoms with E-state index in [0.29, 0.717) is 16.9 Å². The number of carbonyl (C=O) groups excluding carboxylic acids is 3. The van der Waals surface area contributed by atoms with Crippen molar-refractivity contribution >= 4 is 29.9 Å². The molecular weight excluding hydrogens is 328 g/mol. The minimum atomic E-state index is -1.05. The van der Waals surface area contributed by atoms with Crippen molar-refractivity contribution in [2.45, 2.75) is 6.92 Å². The Labute approximate surface area is 141 Å². The van der Waals surface area contributed by atoms with E-state index in [-0.39, 0.29) is 16.9 Å². The molecule has 0 bridgehead atoms. The van der Waals surface area contributed by atoms with Gasteiger partial charge in [0.25, 0.3) is 11.8 Å². The predicted octanol–water partition coefficient (Wildman–Crippen LogP) is 1.70. The summed E-state index contributed by atoms with van der Waals surface area (Å²) >= 11 is 0. The molecule has 0 unspecified atom stereocenters. The second kappa shape index (κ2) is 6.08. The van der Waals surface area contributed by atoms with E-state index in [0.717, 1.165) is 0 Å². The highest BCUT2D eigenvalue weighted by atomic mass is 16.4. The number of rotatable bonds is 3. The highest BCUT2D eigenvalue weighted by Gasteiger charge is 2.28. The third-order valence-electron chi connectivity index (χ3n) is 3.69. The van der Waals surface area contributed by atoms with Gasteiger partial charge in [-0.25, -0.2) is 9.59 Å². The smallest absolute Gasteiger partial charge is 0.335 e. The molecule has 0 radical (unpaired) electrons. The van der Waals surface area contributed by atoms with Gasteiger partial charge in [0.05, 0.1) is 5.56 Å². The number of hydrogen-bond acceptors (Lipinski definition) is 5. The second-order valence-electron chi connectivity index (χ2n) is 5.28. The van der Waals surface area contributed by atoms with E-state index in [1.165, 1.54) is 18.2 Å². The fourth-order valence-corrected chi connectivity index (χ4v) is 2.46. The van der Waals surface area contributed by atoms with E-state index >= 15 is 0 Å². The van der Waals surface area contributed by atoms with Crippen LogP contribution < -0.4 is 10.6 Å². The summed E-state index contributed by atoms with van der Waals surface area (Å²) in [7, 11) is 0. The van der Waals surface area contributed by atoms with Crippen molar-refractivity contribution in [3.05, 3.63) is 52.8 Å². The number of urea groups is 1. The highest BCUT2D eigenvalue weighted by molar-refractivity contribution is 6.31. The number of nitrogens with one attached hydrogen (secondary N) is 2. The number of benzene rings is 1. The predicted molar refractivity (Wildman–Crippen MR) is 85.5 cm³/mol. The fraction of sp³-hybridized carbons (Fsp3) is 0.0588. The molecule has 0 atom stereocenters. The number of carboxylic acid groups (broad SMARTS) is 1. The van der Waals surface area contributed by atoms with Crippen LogP contribution in [0.2, 0.25) is 0 Å². The molecule has 1 aliphatic rings. The Bertz CT molecular complexity index is 932. The van der Waals surface area contributed by atoms with Gasteiger partial charge in [-0.3, -0.25) is 20.2 Å². The molecule has 1 aliphatic heterocycles. The van der Waals surface area contributed by atoms with Crippen molar-refractivity contribution < 1.29 is 28.7 Å². The van der Waals surface area contributed by atoms with E-state index in [9.17, 15) is 24.3 Å². The van der Waals surface area contributed by atoms with Crippen molar-refractivity contribution in [1.29, 1.82) is 0 Å². The Morgan fingerprint density at radius 3 is 2.40 bits per heavy atom. The first-order valence-corrected chi connectivity index (χ1v) is 7.18. The Hall–Kier alpha value is -3.68. The van der Waals surface area contributed by atoms with Gasteiger partial charge in [-0.15, -0.1) is 0 Å². The molecule has 0 saturated carbocycles. The lowest BCUT2D eigenvalue weighted by Crippen LogP contribution is -2.51. The van der Waals surface area contributed by atoms with Gasteiger partial charge in [-0.1, -0.05) is 12.1 Å². The second-order valence-corrected chi connectivity index (χ2v) is 5.28. The zero-order valence-corrected chi connectivity index (χ0v) is 13.0. The van der Waals surface area contributed by atoms with Crippen molar-refractivity contribution in [3.63, 3.8) is 0 Å². The zero-order valence-electron chi connectivity index (χ0n) is 13.0. The molecule has 25 heavy (non-hydrogen) atoms. The molecular formula is C17H12N2O6. The summed E-state index contributed by atoms with van der Waals surface area (Å²) in [5.74, 6) is -2.09. The van der Waals surface area contributed by atoms with Gasteiger partial charge in [0, 0.05) is 5.56 Å². The molecule has 1 aromatic carbocycles. The topological polar surface area (TPSA) is 126 Å². The molecule has 2 heterocycles. The van der Waals surface area contributed by atoms with Crippen LogP contribution >= 0.6 is 0 Å². The summed E-state index contributed by atoms with van der Waals surface area (Å²) in [6.45, 7) is 1.66. The third kappa shape index (κ3) is 3.05. The quantitative estimate of drug-likeness (QED) is 0.577. The Morgan fingerprint density at radius 2 is 1.76 bits per heavy atom. The zero-order chi connectivity index (χ0) is 18.1. The minimum Gasteiger partial charge on any atom is -0.478 e. The van der Waals surface area contributed by atoms with Gasteiger partial charge < -0.3 is 9.52 Å². The lowest BCUT2D eigenvalue weighted by atomic mass is 10.0.